The molecule has 0 aromatic heterocycles. The fraction of sp³-hybridized carbons (Fsp3) is 0.304. The van der Waals surface area contributed by atoms with Crippen molar-refractivity contribution in [3.8, 4) is 23.3 Å². The van der Waals surface area contributed by atoms with Crippen LogP contribution in [-0.4, -0.2) is 52.5 Å². The summed E-state index contributed by atoms with van der Waals surface area (Å²) < 4.78 is 22.0. The molecule has 2 aromatic carbocycles. The quantitative estimate of drug-likeness (QED) is 0.544. The SMILES string of the molecule is COc1cc(/C=C(\C#N)C(=O)Nc2cc(Cl)ccc2N2CCOCC2)cc2c1OCCO2. The Bertz CT molecular complexity index is 1070. The summed E-state index contributed by atoms with van der Waals surface area (Å²) in [6.07, 6.45) is 1.48. The van der Waals surface area contributed by atoms with Crippen molar-refractivity contribution in [1.82, 2.24) is 0 Å². The van der Waals surface area contributed by atoms with Gasteiger partial charge in [0.1, 0.15) is 24.9 Å². The summed E-state index contributed by atoms with van der Waals surface area (Å²) in [4.78, 5) is 15.1. The molecular weight excluding hydrogens is 434 g/mol. The van der Waals surface area contributed by atoms with Crippen molar-refractivity contribution in [2.45, 2.75) is 0 Å². The predicted octanol–water partition coefficient (Wildman–Crippen LogP) is 3.50. The van der Waals surface area contributed by atoms with Gasteiger partial charge >= 0.3 is 0 Å². The van der Waals surface area contributed by atoms with Gasteiger partial charge in [0.05, 0.1) is 31.7 Å². The lowest BCUT2D eigenvalue weighted by Crippen LogP contribution is -2.36. The number of fused-ring (bicyclic) bond motifs is 1. The summed E-state index contributed by atoms with van der Waals surface area (Å²) in [6.45, 7) is 3.44. The third-order valence-electron chi connectivity index (χ3n) is 5.08. The van der Waals surface area contributed by atoms with Crippen molar-refractivity contribution < 1.29 is 23.7 Å². The summed E-state index contributed by atoms with van der Waals surface area (Å²) in [7, 11) is 1.52. The standard InChI is InChI=1S/C23H22ClN3O5/c1-29-20-11-15(12-21-22(20)32-9-8-31-21)10-16(14-25)23(28)26-18-13-17(24)2-3-19(18)27-4-6-30-7-5-27/h2-3,10-13H,4-9H2,1H3,(H,26,28)/b16-10+. The minimum absolute atomic E-state index is 0.0726. The van der Waals surface area contributed by atoms with E-state index in [1.54, 1.807) is 24.3 Å². The Morgan fingerprint density at radius 1 is 1.19 bits per heavy atom. The van der Waals surface area contributed by atoms with Gasteiger partial charge in [0, 0.05) is 18.1 Å². The third-order valence-corrected chi connectivity index (χ3v) is 5.32. The van der Waals surface area contributed by atoms with Gasteiger partial charge in [-0.15, -0.1) is 0 Å². The van der Waals surface area contributed by atoms with E-state index < -0.39 is 5.91 Å². The van der Waals surface area contributed by atoms with E-state index in [2.05, 4.69) is 10.2 Å². The molecule has 1 saturated heterocycles. The molecule has 0 saturated carbocycles. The Kier molecular flexibility index (Phi) is 6.69. The Labute approximate surface area is 190 Å². The number of rotatable bonds is 5. The maximum absolute atomic E-state index is 13.0. The van der Waals surface area contributed by atoms with Crippen molar-refractivity contribution in [3.05, 3.63) is 46.5 Å². The predicted molar refractivity (Wildman–Crippen MR) is 121 cm³/mol. The van der Waals surface area contributed by atoms with Gasteiger partial charge in [0.2, 0.25) is 5.75 Å². The van der Waals surface area contributed by atoms with Gasteiger partial charge in [-0.25, -0.2) is 0 Å². The van der Waals surface area contributed by atoms with Crippen LogP contribution in [0.2, 0.25) is 5.02 Å². The molecule has 2 aliphatic heterocycles. The molecule has 0 bridgehead atoms. The molecule has 32 heavy (non-hydrogen) atoms. The van der Waals surface area contributed by atoms with Crippen LogP contribution in [0.25, 0.3) is 6.08 Å². The number of carbonyl (C=O) groups excluding carboxylic acids is 1. The monoisotopic (exact) mass is 455 g/mol. The lowest BCUT2D eigenvalue weighted by atomic mass is 10.1. The normalized spacial score (nSPS) is 15.7. The smallest absolute Gasteiger partial charge is 0.266 e. The number of methoxy groups -OCH3 is 1. The van der Waals surface area contributed by atoms with Crippen molar-refractivity contribution in [3.63, 3.8) is 0 Å². The minimum Gasteiger partial charge on any atom is -0.493 e. The number of halogens is 1. The lowest BCUT2D eigenvalue weighted by Gasteiger charge is -2.30. The van der Waals surface area contributed by atoms with E-state index in [1.165, 1.54) is 13.2 Å². The number of nitrogens with one attached hydrogen (secondary N) is 1. The number of nitriles is 1. The molecule has 1 fully saturated rings. The average Bonchev–Trinajstić information content (AvgIpc) is 2.82. The first kappa shape index (κ1) is 21.8. The second-order valence-corrected chi connectivity index (χ2v) is 7.57. The Hall–Kier alpha value is -3.41. The van der Waals surface area contributed by atoms with Crippen molar-refractivity contribution in [2.24, 2.45) is 0 Å². The van der Waals surface area contributed by atoms with Crippen LogP contribution in [0.5, 0.6) is 17.2 Å². The Morgan fingerprint density at radius 3 is 2.72 bits per heavy atom. The van der Waals surface area contributed by atoms with Gasteiger partial charge in [-0.2, -0.15) is 5.26 Å². The molecule has 9 heteroatoms. The van der Waals surface area contributed by atoms with E-state index >= 15 is 0 Å². The summed E-state index contributed by atoms with van der Waals surface area (Å²) in [5, 5.41) is 13.0. The summed E-state index contributed by atoms with van der Waals surface area (Å²) in [5.74, 6) is 0.936. The minimum atomic E-state index is -0.543. The molecule has 0 atom stereocenters. The molecule has 1 amide bonds. The molecule has 0 unspecified atom stereocenters. The number of morpholine rings is 1. The molecular formula is C23H22ClN3O5. The zero-order valence-electron chi connectivity index (χ0n) is 17.5. The number of amides is 1. The number of benzene rings is 2. The van der Waals surface area contributed by atoms with Crippen LogP contribution >= 0.6 is 11.6 Å². The fourth-order valence-electron chi connectivity index (χ4n) is 3.57. The molecule has 0 spiro atoms. The van der Waals surface area contributed by atoms with E-state index in [0.29, 0.717) is 73.0 Å². The maximum Gasteiger partial charge on any atom is 0.266 e. The van der Waals surface area contributed by atoms with Crippen molar-refractivity contribution in [1.29, 1.82) is 5.26 Å². The van der Waals surface area contributed by atoms with E-state index in [-0.39, 0.29) is 5.57 Å². The highest BCUT2D eigenvalue weighted by atomic mass is 35.5. The van der Waals surface area contributed by atoms with E-state index in [1.807, 2.05) is 12.1 Å². The molecule has 2 aromatic rings. The van der Waals surface area contributed by atoms with Crippen molar-refractivity contribution >= 4 is 35.0 Å². The van der Waals surface area contributed by atoms with Gasteiger partial charge < -0.3 is 29.2 Å². The van der Waals surface area contributed by atoms with Crippen molar-refractivity contribution in [2.75, 3.05) is 56.8 Å². The number of ether oxygens (including phenoxy) is 4. The molecule has 8 nitrogen and oxygen atoms in total. The van der Waals surface area contributed by atoms with Gasteiger partial charge in [0.15, 0.2) is 11.5 Å². The molecule has 2 heterocycles. The summed E-state index contributed by atoms with van der Waals surface area (Å²) in [6, 6.07) is 10.7. The van der Waals surface area contributed by atoms with Gasteiger partial charge in [-0.3, -0.25) is 4.79 Å². The highest BCUT2D eigenvalue weighted by Gasteiger charge is 2.20. The molecule has 0 aliphatic carbocycles. The lowest BCUT2D eigenvalue weighted by molar-refractivity contribution is -0.112. The summed E-state index contributed by atoms with van der Waals surface area (Å²) >= 11 is 6.17. The number of nitrogens with zero attached hydrogens (tertiary/aromatic N) is 2. The van der Waals surface area contributed by atoms with E-state index in [0.717, 1.165) is 5.69 Å². The molecule has 1 N–H and O–H groups in total. The highest BCUT2D eigenvalue weighted by molar-refractivity contribution is 6.31. The maximum atomic E-state index is 13.0. The van der Waals surface area contributed by atoms with Crippen LogP contribution < -0.4 is 24.4 Å². The zero-order valence-corrected chi connectivity index (χ0v) is 18.3. The Morgan fingerprint density at radius 2 is 1.97 bits per heavy atom. The first-order valence-electron chi connectivity index (χ1n) is 10.1. The topological polar surface area (TPSA) is 93.1 Å². The van der Waals surface area contributed by atoms with Crippen LogP contribution in [0, 0.1) is 11.3 Å². The summed E-state index contributed by atoms with van der Waals surface area (Å²) in [5.41, 5.74) is 1.86. The van der Waals surface area contributed by atoms with Crippen LogP contribution in [-0.2, 0) is 9.53 Å². The first-order chi connectivity index (χ1) is 15.6. The highest BCUT2D eigenvalue weighted by Crippen LogP contribution is 2.41. The zero-order chi connectivity index (χ0) is 22.5. The molecule has 2 aliphatic rings. The first-order valence-corrected chi connectivity index (χ1v) is 10.5. The van der Waals surface area contributed by atoms with Crippen LogP contribution in [0.15, 0.2) is 35.9 Å². The fourth-order valence-corrected chi connectivity index (χ4v) is 3.74. The molecule has 4 rings (SSSR count). The largest absolute Gasteiger partial charge is 0.493 e. The van der Waals surface area contributed by atoms with Gasteiger partial charge in [-0.05, 0) is 42.0 Å². The van der Waals surface area contributed by atoms with Gasteiger partial charge in [0.25, 0.3) is 5.91 Å². The van der Waals surface area contributed by atoms with Gasteiger partial charge in [-0.1, -0.05) is 11.6 Å². The van der Waals surface area contributed by atoms with E-state index in [4.69, 9.17) is 30.5 Å². The van der Waals surface area contributed by atoms with Crippen LogP contribution in [0.3, 0.4) is 0 Å². The molecule has 166 valence electrons. The number of hydrogen-bond acceptors (Lipinski definition) is 7. The van der Waals surface area contributed by atoms with Crippen LogP contribution in [0.4, 0.5) is 11.4 Å². The van der Waals surface area contributed by atoms with Crippen LogP contribution in [0.1, 0.15) is 5.56 Å². The Balaban J connectivity index is 1.61. The number of hydrogen-bond donors (Lipinski definition) is 1. The average molecular weight is 456 g/mol. The third kappa shape index (κ3) is 4.74. The second-order valence-electron chi connectivity index (χ2n) is 7.13. The van der Waals surface area contributed by atoms with E-state index in [9.17, 15) is 10.1 Å². The number of carbonyl (C=O) groups is 1. The second kappa shape index (κ2) is 9.81. The molecule has 0 radical (unpaired) electrons. The number of anilines is 2.